The van der Waals surface area contributed by atoms with Gasteiger partial charge in [0, 0.05) is 6.20 Å². The van der Waals surface area contributed by atoms with E-state index in [0.29, 0.717) is 12.4 Å². The molecule has 6 nitrogen and oxygen atoms in total. The van der Waals surface area contributed by atoms with Crippen LogP contribution >= 0.6 is 0 Å². The standard InChI is InChI=1S/C18H20N2O4/c1-3-23-18(22)13(2)20-17(21)16-15(10-7-11-19-16)24-12-14-8-5-4-6-9-14/h4-11,13H,3,12H2,1-2H3,(H,20,21). The Hall–Kier alpha value is -2.89. The summed E-state index contributed by atoms with van der Waals surface area (Å²) in [6.07, 6.45) is 1.50. The summed E-state index contributed by atoms with van der Waals surface area (Å²) in [4.78, 5) is 28.0. The number of carbonyl (C=O) groups is 2. The van der Waals surface area contributed by atoms with Crippen LogP contribution in [0.2, 0.25) is 0 Å². The first-order chi connectivity index (χ1) is 11.6. The van der Waals surface area contributed by atoms with Crippen molar-refractivity contribution in [2.24, 2.45) is 0 Å². The minimum atomic E-state index is -0.763. The van der Waals surface area contributed by atoms with Gasteiger partial charge in [-0.2, -0.15) is 0 Å². The number of carbonyl (C=O) groups excluding carboxylic acids is 2. The predicted octanol–water partition coefficient (Wildman–Crippen LogP) is 2.34. The van der Waals surface area contributed by atoms with Crippen LogP contribution in [0.3, 0.4) is 0 Å². The van der Waals surface area contributed by atoms with Crippen LogP contribution in [-0.2, 0) is 16.1 Å². The van der Waals surface area contributed by atoms with Gasteiger partial charge in [-0.3, -0.25) is 4.79 Å². The molecule has 0 aliphatic rings. The molecule has 1 atom stereocenters. The number of amides is 1. The highest BCUT2D eigenvalue weighted by Crippen LogP contribution is 2.17. The number of esters is 1. The summed E-state index contributed by atoms with van der Waals surface area (Å²) in [7, 11) is 0. The van der Waals surface area contributed by atoms with Gasteiger partial charge in [0.2, 0.25) is 0 Å². The highest BCUT2D eigenvalue weighted by atomic mass is 16.5. The molecule has 1 N–H and O–H groups in total. The van der Waals surface area contributed by atoms with Gasteiger partial charge in [-0.1, -0.05) is 30.3 Å². The molecular weight excluding hydrogens is 308 g/mol. The Morgan fingerprint density at radius 2 is 1.92 bits per heavy atom. The Morgan fingerprint density at radius 1 is 1.17 bits per heavy atom. The number of ether oxygens (including phenoxy) is 2. The average Bonchev–Trinajstić information content (AvgIpc) is 2.61. The molecule has 1 unspecified atom stereocenters. The van der Waals surface area contributed by atoms with Crippen LogP contribution in [0.5, 0.6) is 5.75 Å². The first kappa shape index (κ1) is 17.5. The van der Waals surface area contributed by atoms with Crippen molar-refractivity contribution in [1.82, 2.24) is 10.3 Å². The number of hydrogen-bond donors (Lipinski definition) is 1. The molecule has 0 saturated heterocycles. The quantitative estimate of drug-likeness (QED) is 0.789. The number of aromatic nitrogens is 1. The third-order valence-electron chi connectivity index (χ3n) is 3.21. The Bertz CT molecular complexity index is 688. The summed E-state index contributed by atoms with van der Waals surface area (Å²) < 4.78 is 10.6. The van der Waals surface area contributed by atoms with E-state index in [1.807, 2.05) is 30.3 Å². The lowest BCUT2D eigenvalue weighted by Crippen LogP contribution is -2.40. The van der Waals surface area contributed by atoms with Gasteiger partial charge in [0.15, 0.2) is 11.4 Å². The smallest absolute Gasteiger partial charge is 0.328 e. The van der Waals surface area contributed by atoms with Crippen LogP contribution in [0.25, 0.3) is 0 Å². The molecule has 0 saturated carbocycles. The maximum absolute atomic E-state index is 12.3. The number of nitrogens with zero attached hydrogens (tertiary/aromatic N) is 1. The molecule has 126 valence electrons. The van der Waals surface area contributed by atoms with E-state index in [0.717, 1.165) is 5.56 Å². The molecular formula is C18H20N2O4. The van der Waals surface area contributed by atoms with Gasteiger partial charge in [0.05, 0.1) is 6.61 Å². The second kappa shape index (κ2) is 8.67. The summed E-state index contributed by atoms with van der Waals surface area (Å²) in [5, 5.41) is 2.56. The van der Waals surface area contributed by atoms with Crippen LogP contribution < -0.4 is 10.1 Å². The zero-order valence-corrected chi connectivity index (χ0v) is 13.7. The number of nitrogens with one attached hydrogen (secondary N) is 1. The van der Waals surface area contributed by atoms with Crippen molar-refractivity contribution in [3.05, 3.63) is 59.9 Å². The van der Waals surface area contributed by atoms with Gasteiger partial charge in [0.1, 0.15) is 12.6 Å². The van der Waals surface area contributed by atoms with E-state index in [-0.39, 0.29) is 12.3 Å². The van der Waals surface area contributed by atoms with Crippen molar-refractivity contribution in [2.45, 2.75) is 26.5 Å². The largest absolute Gasteiger partial charge is 0.486 e. The molecule has 0 bridgehead atoms. The third-order valence-corrected chi connectivity index (χ3v) is 3.21. The molecule has 0 aliphatic heterocycles. The van der Waals surface area contributed by atoms with E-state index >= 15 is 0 Å². The SMILES string of the molecule is CCOC(=O)C(C)NC(=O)c1ncccc1OCc1ccccc1. The summed E-state index contributed by atoms with van der Waals surface area (Å²) in [5.74, 6) is -0.623. The van der Waals surface area contributed by atoms with Crippen molar-refractivity contribution < 1.29 is 19.1 Å². The fourth-order valence-corrected chi connectivity index (χ4v) is 2.00. The number of benzene rings is 1. The van der Waals surface area contributed by atoms with Crippen LogP contribution in [0.4, 0.5) is 0 Å². The van der Waals surface area contributed by atoms with Crippen LogP contribution in [-0.4, -0.2) is 29.5 Å². The molecule has 0 aliphatic carbocycles. The van der Waals surface area contributed by atoms with E-state index in [4.69, 9.17) is 9.47 Å². The Morgan fingerprint density at radius 3 is 2.62 bits per heavy atom. The zero-order valence-electron chi connectivity index (χ0n) is 13.7. The fraction of sp³-hybridized carbons (Fsp3) is 0.278. The van der Waals surface area contributed by atoms with Gasteiger partial charge in [-0.05, 0) is 31.5 Å². The van der Waals surface area contributed by atoms with Crippen LogP contribution in [0.15, 0.2) is 48.7 Å². The van der Waals surface area contributed by atoms with Crippen molar-refractivity contribution in [3.63, 3.8) is 0 Å². The fourth-order valence-electron chi connectivity index (χ4n) is 2.00. The second-order valence-electron chi connectivity index (χ2n) is 5.07. The summed E-state index contributed by atoms with van der Waals surface area (Å²) in [6.45, 7) is 3.85. The van der Waals surface area contributed by atoms with Crippen molar-refractivity contribution in [3.8, 4) is 5.75 Å². The minimum absolute atomic E-state index is 0.129. The Kier molecular flexibility index (Phi) is 6.31. The summed E-state index contributed by atoms with van der Waals surface area (Å²) in [6, 6.07) is 12.2. The maximum Gasteiger partial charge on any atom is 0.328 e. The molecule has 2 aromatic rings. The van der Waals surface area contributed by atoms with E-state index in [1.165, 1.54) is 6.20 Å². The monoisotopic (exact) mass is 328 g/mol. The van der Waals surface area contributed by atoms with E-state index in [1.54, 1.807) is 26.0 Å². The molecule has 0 spiro atoms. The highest BCUT2D eigenvalue weighted by molar-refractivity contribution is 5.97. The normalized spacial score (nSPS) is 11.4. The molecule has 1 aromatic carbocycles. The van der Waals surface area contributed by atoms with Crippen molar-refractivity contribution in [2.75, 3.05) is 6.61 Å². The zero-order chi connectivity index (χ0) is 17.4. The number of rotatable bonds is 7. The molecule has 0 fully saturated rings. The Balaban J connectivity index is 2.04. The first-order valence-corrected chi connectivity index (χ1v) is 7.71. The maximum atomic E-state index is 12.3. The first-order valence-electron chi connectivity index (χ1n) is 7.71. The molecule has 6 heteroatoms. The lowest BCUT2D eigenvalue weighted by Gasteiger charge is -2.14. The van der Waals surface area contributed by atoms with Gasteiger partial charge in [0.25, 0.3) is 5.91 Å². The van der Waals surface area contributed by atoms with E-state index < -0.39 is 17.9 Å². The Labute approximate surface area is 140 Å². The molecule has 1 aromatic heterocycles. The minimum Gasteiger partial charge on any atom is -0.486 e. The van der Waals surface area contributed by atoms with Crippen molar-refractivity contribution >= 4 is 11.9 Å². The highest BCUT2D eigenvalue weighted by Gasteiger charge is 2.21. The second-order valence-corrected chi connectivity index (χ2v) is 5.07. The van der Waals surface area contributed by atoms with Gasteiger partial charge in [-0.25, -0.2) is 9.78 Å². The predicted molar refractivity (Wildman–Crippen MR) is 88.6 cm³/mol. The molecule has 24 heavy (non-hydrogen) atoms. The van der Waals surface area contributed by atoms with Crippen molar-refractivity contribution in [1.29, 1.82) is 0 Å². The summed E-state index contributed by atoms with van der Waals surface area (Å²) in [5.41, 5.74) is 1.11. The molecule has 2 rings (SSSR count). The average molecular weight is 328 g/mol. The van der Waals surface area contributed by atoms with Gasteiger partial charge < -0.3 is 14.8 Å². The van der Waals surface area contributed by atoms with E-state index in [2.05, 4.69) is 10.3 Å². The van der Waals surface area contributed by atoms with Crippen LogP contribution in [0, 0.1) is 0 Å². The molecule has 0 radical (unpaired) electrons. The topological polar surface area (TPSA) is 77.5 Å². The number of hydrogen-bond acceptors (Lipinski definition) is 5. The molecule has 1 heterocycles. The van der Waals surface area contributed by atoms with Gasteiger partial charge >= 0.3 is 5.97 Å². The number of pyridine rings is 1. The third kappa shape index (κ3) is 4.81. The van der Waals surface area contributed by atoms with Crippen LogP contribution in [0.1, 0.15) is 29.9 Å². The summed E-state index contributed by atoms with van der Waals surface area (Å²) >= 11 is 0. The van der Waals surface area contributed by atoms with E-state index in [9.17, 15) is 9.59 Å². The van der Waals surface area contributed by atoms with Gasteiger partial charge in [-0.15, -0.1) is 0 Å². The molecule has 1 amide bonds. The lowest BCUT2D eigenvalue weighted by molar-refractivity contribution is -0.144. The lowest BCUT2D eigenvalue weighted by atomic mass is 10.2.